The van der Waals surface area contributed by atoms with Crippen LogP contribution in [0.5, 0.6) is 5.75 Å². The third kappa shape index (κ3) is 4.47. The van der Waals surface area contributed by atoms with Gasteiger partial charge in [0.25, 0.3) is 0 Å². The van der Waals surface area contributed by atoms with Crippen LogP contribution in [0.1, 0.15) is 23.2 Å². The summed E-state index contributed by atoms with van der Waals surface area (Å²) in [6.07, 6.45) is 2.29. The first-order chi connectivity index (χ1) is 10.2. The molecular formula is C17H15ClFNO. The first-order valence-corrected chi connectivity index (χ1v) is 7.12. The number of pyridine rings is 1. The Morgan fingerprint density at radius 2 is 2.19 bits per heavy atom. The molecule has 4 heteroatoms. The summed E-state index contributed by atoms with van der Waals surface area (Å²) in [6, 6.07) is 8.13. The SMILES string of the molecule is Cc1cccnc1COc1cc(F)ccc1C#CCCCl. The van der Waals surface area contributed by atoms with E-state index < -0.39 is 0 Å². The Hall–Kier alpha value is -2.05. The number of alkyl halides is 1. The van der Waals surface area contributed by atoms with Crippen LogP contribution < -0.4 is 4.74 Å². The van der Waals surface area contributed by atoms with Crippen molar-refractivity contribution in [3.63, 3.8) is 0 Å². The molecule has 0 atom stereocenters. The van der Waals surface area contributed by atoms with E-state index in [1.165, 1.54) is 12.1 Å². The molecule has 1 aromatic carbocycles. The molecule has 0 spiro atoms. The lowest BCUT2D eigenvalue weighted by atomic mass is 10.2. The standard InChI is InChI=1S/C17H15ClFNO/c1-13-5-4-10-20-16(13)12-21-17-11-15(19)8-7-14(17)6-2-3-9-18/h4-5,7-8,10-11H,3,9,12H2,1H3. The zero-order valence-electron chi connectivity index (χ0n) is 11.7. The second-order valence-electron chi connectivity index (χ2n) is 4.44. The molecule has 108 valence electrons. The average Bonchev–Trinajstić information content (AvgIpc) is 2.48. The third-order valence-corrected chi connectivity index (χ3v) is 3.06. The van der Waals surface area contributed by atoms with Gasteiger partial charge in [-0.05, 0) is 30.7 Å². The molecule has 0 saturated heterocycles. The summed E-state index contributed by atoms with van der Waals surface area (Å²) in [7, 11) is 0. The minimum Gasteiger partial charge on any atom is -0.486 e. The maximum absolute atomic E-state index is 13.4. The van der Waals surface area contributed by atoms with Crippen LogP contribution in [0.3, 0.4) is 0 Å². The van der Waals surface area contributed by atoms with Crippen molar-refractivity contribution in [1.29, 1.82) is 0 Å². The quantitative estimate of drug-likeness (QED) is 0.627. The van der Waals surface area contributed by atoms with E-state index in [9.17, 15) is 4.39 Å². The van der Waals surface area contributed by atoms with Crippen LogP contribution in [-0.4, -0.2) is 10.9 Å². The van der Waals surface area contributed by atoms with Gasteiger partial charge >= 0.3 is 0 Å². The Labute approximate surface area is 128 Å². The number of aromatic nitrogens is 1. The number of nitrogens with zero attached hydrogens (tertiary/aromatic N) is 1. The number of ether oxygens (including phenoxy) is 1. The molecule has 0 bridgehead atoms. The van der Waals surface area contributed by atoms with E-state index in [0.29, 0.717) is 23.6 Å². The summed E-state index contributed by atoms with van der Waals surface area (Å²) < 4.78 is 19.1. The van der Waals surface area contributed by atoms with Gasteiger partial charge in [0.2, 0.25) is 0 Å². The fourth-order valence-corrected chi connectivity index (χ4v) is 1.83. The van der Waals surface area contributed by atoms with E-state index in [-0.39, 0.29) is 12.4 Å². The Morgan fingerprint density at radius 1 is 1.33 bits per heavy atom. The van der Waals surface area contributed by atoms with Crippen molar-refractivity contribution < 1.29 is 9.13 Å². The average molecular weight is 304 g/mol. The number of aryl methyl sites for hydroxylation is 1. The highest BCUT2D eigenvalue weighted by atomic mass is 35.5. The van der Waals surface area contributed by atoms with Gasteiger partial charge in [0.1, 0.15) is 18.2 Å². The summed E-state index contributed by atoms with van der Waals surface area (Å²) in [5, 5.41) is 0. The van der Waals surface area contributed by atoms with Crippen LogP contribution in [0.25, 0.3) is 0 Å². The van der Waals surface area contributed by atoms with Crippen molar-refractivity contribution in [3.05, 3.63) is 59.2 Å². The van der Waals surface area contributed by atoms with Gasteiger partial charge in [-0.15, -0.1) is 11.6 Å². The zero-order chi connectivity index (χ0) is 15.1. The molecule has 1 aromatic heterocycles. The molecule has 0 aliphatic heterocycles. The Kier molecular flexibility index (Phi) is 5.59. The summed E-state index contributed by atoms with van der Waals surface area (Å²) in [5.74, 6) is 6.40. The highest BCUT2D eigenvalue weighted by Crippen LogP contribution is 2.20. The molecule has 0 radical (unpaired) electrons. The molecule has 0 amide bonds. The molecule has 0 fully saturated rings. The van der Waals surface area contributed by atoms with E-state index in [1.807, 2.05) is 19.1 Å². The van der Waals surface area contributed by atoms with Crippen LogP contribution in [0, 0.1) is 24.6 Å². The molecule has 0 unspecified atom stereocenters. The number of benzene rings is 1. The second kappa shape index (κ2) is 7.66. The van der Waals surface area contributed by atoms with E-state index in [1.54, 1.807) is 12.3 Å². The van der Waals surface area contributed by atoms with Crippen molar-refractivity contribution in [3.8, 4) is 17.6 Å². The molecule has 0 N–H and O–H groups in total. The second-order valence-corrected chi connectivity index (χ2v) is 4.81. The molecule has 1 heterocycles. The van der Waals surface area contributed by atoms with Crippen LogP contribution in [0.4, 0.5) is 4.39 Å². The lowest BCUT2D eigenvalue weighted by molar-refractivity contribution is 0.298. The molecule has 0 aliphatic rings. The molecule has 2 rings (SSSR count). The predicted octanol–water partition coefficient (Wildman–Crippen LogP) is 4.09. The van der Waals surface area contributed by atoms with Crippen LogP contribution in [-0.2, 0) is 6.61 Å². The first kappa shape index (κ1) is 15.3. The molecule has 2 nitrogen and oxygen atoms in total. The summed E-state index contributed by atoms with van der Waals surface area (Å²) in [6.45, 7) is 2.23. The number of hydrogen-bond donors (Lipinski definition) is 0. The normalized spacial score (nSPS) is 9.86. The van der Waals surface area contributed by atoms with E-state index in [0.717, 1.165) is 11.3 Å². The zero-order valence-corrected chi connectivity index (χ0v) is 12.5. The summed E-state index contributed by atoms with van der Waals surface area (Å²) in [5.41, 5.74) is 2.50. The highest BCUT2D eigenvalue weighted by molar-refractivity contribution is 6.18. The largest absolute Gasteiger partial charge is 0.486 e. The van der Waals surface area contributed by atoms with Crippen LogP contribution >= 0.6 is 11.6 Å². The third-order valence-electron chi connectivity index (χ3n) is 2.87. The maximum Gasteiger partial charge on any atom is 0.138 e. The van der Waals surface area contributed by atoms with E-state index >= 15 is 0 Å². The topological polar surface area (TPSA) is 22.1 Å². The smallest absolute Gasteiger partial charge is 0.138 e. The van der Waals surface area contributed by atoms with Gasteiger partial charge in [-0.2, -0.15) is 0 Å². The number of rotatable bonds is 4. The van der Waals surface area contributed by atoms with Gasteiger partial charge in [0, 0.05) is 24.6 Å². The molecule has 21 heavy (non-hydrogen) atoms. The van der Waals surface area contributed by atoms with Crippen LogP contribution in [0.15, 0.2) is 36.5 Å². The van der Waals surface area contributed by atoms with Gasteiger partial charge < -0.3 is 4.74 Å². The van der Waals surface area contributed by atoms with Gasteiger partial charge in [0.05, 0.1) is 11.3 Å². The lowest BCUT2D eigenvalue weighted by Crippen LogP contribution is -2.02. The van der Waals surface area contributed by atoms with Gasteiger partial charge in [-0.1, -0.05) is 17.9 Å². The van der Waals surface area contributed by atoms with Crippen molar-refractivity contribution in [2.75, 3.05) is 5.88 Å². The molecule has 0 saturated carbocycles. The van der Waals surface area contributed by atoms with Crippen molar-refractivity contribution >= 4 is 11.6 Å². The lowest BCUT2D eigenvalue weighted by Gasteiger charge is -2.09. The summed E-state index contributed by atoms with van der Waals surface area (Å²) >= 11 is 5.59. The Balaban J connectivity index is 2.17. The van der Waals surface area contributed by atoms with Crippen molar-refractivity contribution in [1.82, 2.24) is 4.98 Å². The molecule has 0 aliphatic carbocycles. The Bertz CT molecular complexity index is 676. The minimum atomic E-state index is -0.356. The minimum absolute atomic E-state index is 0.278. The molecule has 2 aromatic rings. The Morgan fingerprint density at radius 3 is 2.95 bits per heavy atom. The fourth-order valence-electron chi connectivity index (χ4n) is 1.74. The number of hydrogen-bond acceptors (Lipinski definition) is 2. The monoisotopic (exact) mass is 303 g/mol. The van der Waals surface area contributed by atoms with E-state index in [4.69, 9.17) is 16.3 Å². The van der Waals surface area contributed by atoms with Crippen molar-refractivity contribution in [2.45, 2.75) is 20.0 Å². The van der Waals surface area contributed by atoms with Gasteiger partial charge in [0.15, 0.2) is 0 Å². The van der Waals surface area contributed by atoms with Gasteiger partial charge in [-0.3, -0.25) is 4.98 Å². The van der Waals surface area contributed by atoms with Crippen LogP contribution in [0.2, 0.25) is 0 Å². The summed E-state index contributed by atoms with van der Waals surface area (Å²) in [4.78, 5) is 4.25. The fraction of sp³-hybridized carbons (Fsp3) is 0.235. The van der Waals surface area contributed by atoms with Crippen molar-refractivity contribution in [2.24, 2.45) is 0 Å². The highest BCUT2D eigenvalue weighted by Gasteiger charge is 2.06. The first-order valence-electron chi connectivity index (χ1n) is 6.58. The van der Waals surface area contributed by atoms with Gasteiger partial charge in [-0.25, -0.2) is 4.39 Å². The van der Waals surface area contributed by atoms with E-state index in [2.05, 4.69) is 16.8 Å². The maximum atomic E-state index is 13.4. The molecular weight excluding hydrogens is 289 g/mol. The predicted molar refractivity (Wildman–Crippen MR) is 81.9 cm³/mol. The number of halogens is 2.